The van der Waals surface area contributed by atoms with Gasteiger partial charge >= 0.3 is 0 Å². The Labute approximate surface area is 165 Å². The van der Waals surface area contributed by atoms with Crippen LogP contribution in [0, 0.1) is 5.82 Å². The number of hydrogen-bond donors (Lipinski definition) is 0. The molecule has 2 heterocycles. The molecular formula is C18H21BrClFN4O. The van der Waals surface area contributed by atoms with Crippen molar-refractivity contribution < 1.29 is 9.18 Å². The molecule has 0 spiro atoms. The number of nitrogens with zero attached hydrogens (tertiary/aromatic N) is 4. The Balaban J connectivity index is 1.62. The minimum absolute atomic E-state index is 0.0247. The summed E-state index contributed by atoms with van der Waals surface area (Å²) in [7, 11) is 0. The van der Waals surface area contributed by atoms with Crippen molar-refractivity contribution >= 4 is 33.4 Å². The Morgan fingerprint density at radius 2 is 2.00 bits per heavy atom. The van der Waals surface area contributed by atoms with Crippen molar-refractivity contribution in [2.24, 2.45) is 0 Å². The van der Waals surface area contributed by atoms with Crippen LogP contribution in [-0.4, -0.2) is 51.7 Å². The molecule has 0 bridgehead atoms. The lowest BCUT2D eigenvalue weighted by Gasteiger charge is -2.38. The first-order chi connectivity index (χ1) is 12.3. The molecule has 1 saturated heterocycles. The first-order valence-electron chi connectivity index (χ1n) is 8.44. The molecule has 0 saturated carbocycles. The van der Waals surface area contributed by atoms with Crippen LogP contribution in [0.25, 0.3) is 0 Å². The second-order valence-electron chi connectivity index (χ2n) is 6.93. The van der Waals surface area contributed by atoms with Crippen LogP contribution in [-0.2, 0) is 16.9 Å². The van der Waals surface area contributed by atoms with Gasteiger partial charge in [0.15, 0.2) is 0 Å². The molecule has 0 N–H and O–H groups in total. The first-order valence-corrected chi connectivity index (χ1v) is 9.61. The first kappa shape index (κ1) is 19.3. The summed E-state index contributed by atoms with van der Waals surface area (Å²) in [6.45, 7) is 6.71. The fourth-order valence-corrected chi connectivity index (χ4v) is 3.62. The number of halogens is 3. The van der Waals surface area contributed by atoms with Crippen LogP contribution in [0.4, 0.5) is 4.39 Å². The van der Waals surface area contributed by atoms with E-state index >= 15 is 0 Å². The van der Waals surface area contributed by atoms with E-state index in [0.29, 0.717) is 43.3 Å². The maximum absolute atomic E-state index is 14.0. The maximum Gasteiger partial charge on any atom is 0.250 e. The summed E-state index contributed by atoms with van der Waals surface area (Å²) in [5.41, 5.74) is -0.251. The fourth-order valence-electron chi connectivity index (χ4n) is 3.11. The topological polar surface area (TPSA) is 41.4 Å². The zero-order valence-corrected chi connectivity index (χ0v) is 17.1. The highest BCUT2D eigenvalue weighted by atomic mass is 79.9. The number of benzene rings is 1. The highest BCUT2D eigenvalue weighted by Gasteiger charge is 2.36. The van der Waals surface area contributed by atoms with Gasteiger partial charge in [-0.25, -0.2) is 4.39 Å². The van der Waals surface area contributed by atoms with Crippen LogP contribution in [0.15, 0.2) is 35.1 Å². The summed E-state index contributed by atoms with van der Waals surface area (Å²) in [5.74, 6) is -0.266. The molecule has 5 nitrogen and oxygen atoms in total. The van der Waals surface area contributed by atoms with Crippen LogP contribution in [0.1, 0.15) is 19.4 Å². The van der Waals surface area contributed by atoms with Crippen molar-refractivity contribution in [1.82, 2.24) is 19.6 Å². The van der Waals surface area contributed by atoms with Gasteiger partial charge in [0.05, 0.1) is 10.7 Å². The van der Waals surface area contributed by atoms with E-state index in [2.05, 4.69) is 25.9 Å². The second-order valence-corrected chi connectivity index (χ2v) is 8.25. The number of hydrogen-bond acceptors (Lipinski definition) is 3. The Morgan fingerprint density at radius 3 is 2.58 bits per heavy atom. The third-order valence-corrected chi connectivity index (χ3v) is 5.51. The molecule has 0 atom stereocenters. The van der Waals surface area contributed by atoms with Gasteiger partial charge in [-0.05, 0) is 41.9 Å². The zero-order chi connectivity index (χ0) is 18.9. The highest BCUT2D eigenvalue weighted by Crippen LogP contribution is 2.23. The van der Waals surface area contributed by atoms with Crippen molar-refractivity contribution in [1.29, 1.82) is 0 Å². The monoisotopic (exact) mass is 442 g/mol. The smallest absolute Gasteiger partial charge is 0.250 e. The van der Waals surface area contributed by atoms with Crippen LogP contribution in [0.5, 0.6) is 0 Å². The summed E-state index contributed by atoms with van der Waals surface area (Å²) >= 11 is 9.48. The van der Waals surface area contributed by atoms with Crippen molar-refractivity contribution in [2.75, 3.05) is 26.2 Å². The molecule has 0 aliphatic carbocycles. The van der Waals surface area contributed by atoms with Gasteiger partial charge in [-0.3, -0.25) is 14.4 Å². The van der Waals surface area contributed by atoms with Gasteiger partial charge in [0.2, 0.25) is 5.91 Å². The van der Waals surface area contributed by atoms with E-state index in [-0.39, 0.29) is 11.7 Å². The maximum atomic E-state index is 14.0. The summed E-state index contributed by atoms with van der Waals surface area (Å²) in [6, 6.07) is 4.73. The fraction of sp³-hybridized carbons (Fsp3) is 0.444. The van der Waals surface area contributed by atoms with Gasteiger partial charge in [-0.2, -0.15) is 5.10 Å². The lowest BCUT2D eigenvalue weighted by atomic mass is 10.0. The molecule has 0 radical (unpaired) electrons. The van der Waals surface area contributed by atoms with Gasteiger partial charge in [0.25, 0.3) is 0 Å². The van der Waals surface area contributed by atoms with Gasteiger partial charge in [0, 0.05) is 49.5 Å². The largest absolute Gasteiger partial charge is 0.338 e. The van der Waals surface area contributed by atoms with Crippen LogP contribution in [0.2, 0.25) is 5.02 Å². The third kappa shape index (κ3) is 3.94. The predicted molar refractivity (Wildman–Crippen MR) is 103 cm³/mol. The lowest BCUT2D eigenvalue weighted by Crippen LogP contribution is -2.54. The molecule has 1 amide bonds. The molecule has 2 aromatic rings. The minimum atomic E-state index is -0.761. The minimum Gasteiger partial charge on any atom is -0.338 e. The van der Waals surface area contributed by atoms with Gasteiger partial charge in [0.1, 0.15) is 11.4 Å². The average Bonchev–Trinajstić information content (AvgIpc) is 3.05. The van der Waals surface area contributed by atoms with E-state index in [1.807, 2.05) is 18.7 Å². The molecule has 1 fully saturated rings. The SMILES string of the molecule is CC(C)(C(=O)N1CCN(Cc2c(F)cccc2Cl)CC1)n1cc(Br)cn1. The normalized spacial score (nSPS) is 16.1. The number of aromatic nitrogens is 2. The molecule has 1 aliphatic rings. The van der Waals surface area contributed by atoms with E-state index < -0.39 is 5.54 Å². The molecule has 8 heteroatoms. The van der Waals surface area contributed by atoms with E-state index in [4.69, 9.17) is 11.6 Å². The molecule has 26 heavy (non-hydrogen) atoms. The molecule has 3 rings (SSSR count). The van der Waals surface area contributed by atoms with Crippen molar-refractivity contribution in [3.63, 3.8) is 0 Å². The second kappa shape index (κ2) is 7.66. The highest BCUT2D eigenvalue weighted by molar-refractivity contribution is 9.10. The molecule has 1 aliphatic heterocycles. The molecule has 140 valence electrons. The number of amides is 1. The Kier molecular flexibility index (Phi) is 5.69. The predicted octanol–water partition coefficient (Wildman–Crippen LogP) is 3.52. The summed E-state index contributed by atoms with van der Waals surface area (Å²) in [6.07, 6.45) is 3.47. The number of rotatable bonds is 4. The van der Waals surface area contributed by atoms with Crippen LogP contribution < -0.4 is 0 Å². The van der Waals surface area contributed by atoms with Crippen molar-refractivity contribution in [2.45, 2.75) is 25.9 Å². The van der Waals surface area contributed by atoms with E-state index in [1.165, 1.54) is 6.07 Å². The lowest BCUT2D eigenvalue weighted by molar-refractivity contribution is -0.141. The number of carbonyl (C=O) groups is 1. The van der Waals surface area contributed by atoms with Crippen LogP contribution >= 0.6 is 27.5 Å². The van der Waals surface area contributed by atoms with E-state index in [1.54, 1.807) is 29.2 Å². The zero-order valence-electron chi connectivity index (χ0n) is 14.8. The Hall–Kier alpha value is -1.44. The quantitative estimate of drug-likeness (QED) is 0.726. The Bertz CT molecular complexity index is 782. The summed E-state index contributed by atoms with van der Waals surface area (Å²) < 4.78 is 16.5. The standard InChI is InChI=1S/C18H21BrClFN4O/c1-18(2,25-11-13(19)10-22-25)17(26)24-8-6-23(7-9-24)12-14-15(20)4-3-5-16(14)21/h3-5,10-11H,6-9,12H2,1-2H3. The number of piperazine rings is 1. The Morgan fingerprint density at radius 1 is 1.31 bits per heavy atom. The van der Waals surface area contributed by atoms with Crippen molar-refractivity contribution in [3.8, 4) is 0 Å². The molecule has 0 unspecified atom stereocenters. The summed E-state index contributed by atoms with van der Waals surface area (Å²) in [5, 5.41) is 4.69. The number of carbonyl (C=O) groups excluding carboxylic acids is 1. The molecule has 1 aromatic carbocycles. The molecular weight excluding hydrogens is 423 g/mol. The molecule has 1 aromatic heterocycles. The average molecular weight is 444 g/mol. The van der Waals surface area contributed by atoms with Gasteiger partial charge in [-0.15, -0.1) is 0 Å². The van der Waals surface area contributed by atoms with Gasteiger partial charge < -0.3 is 4.90 Å². The van der Waals surface area contributed by atoms with E-state index in [9.17, 15) is 9.18 Å². The van der Waals surface area contributed by atoms with E-state index in [0.717, 1.165) is 4.47 Å². The third-order valence-electron chi connectivity index (χ3n) is 4.75. The van der Waals surface area contributed by atoms with Gasteiger partial charge in [-0.1, -0.05) is 17.7 Å². The van der Waals surface area contributed by atoms with Crippen LogP contribution in [0.3, 0.4) is 0 Å². The summed E-state index contributed by atoms with van der Waals surface area (Å²) in [4.78, 5) is 16.9. The van der Waals surface area contributed by atoms with Crippen molar-refractivity contribution in [3.05, 3.63) is 51.5 Å².